The van der Waals surface area contributed by atoms with Gasteiger partial charge >= 0.3 is 0 Å². The molecule has 0 bridgehead atoms. The van der Waals surface area contributed by atoms with Crippen LogP contribution in [0.25, 0.3) is 0 Å². The van der Waals surface area contributed by atoms with E-state index in [-0.39, 0.29) is 16.0 Å². The van der Waals surface area contributed by atoms with Crippen LogP contribution in [0.15, 0.2) is 23.1 Å². The van der Waals surface area contributed by atoms with Gasteiger partial charge in [-0.2, -0.15) is 0 Å². The Morgan fingerprint density at radius 2 is 2.11 bits per heavy atom. The molecule has 0 unspecified atom stereocenters. The van der Waals surface area contributed by atoms with Gasteiger partial charge in [-0.25, -0.2) is 13.1 Å². The average Bonchev–Trinajstić information content (AvgIpc) is 2.23. The van der Waals surface area contributed by atoms with Gasteiger partial charge in [-0.15, -0.1) is 0 Å². The van der Waals surface area contributed by atoms with E-state index < -0.39 is 20.6 Å². The molecule has 1 aliphatic heterocycles. The second-order valence-corrected chi connectivity index (χ2v) is 5.96. The maximum atomic E-state index is 12.0. The average molecular weight is 292 g/mol. The topological polar surface area (TPSA) is 101 Å². The quantitative estimate of drug-likeness (QED) is 0.621. The van der Waals surface area contributed by atoms with Crippen molar-refractivity contribution in [2.24, 2.45) is 0 Å². The Kier molecular flexibility index (Phi) is 3.53. The molecule has 0 atom stereocenters. The van der Waals surface area contributed by atoms with E-state index in [1.165, 1.54) is 6.07 Å². The van der Waals surface area contributed by atoms with Crippen molar-refractivity contribution in [1.82, 2.24) is 10.0 Å². The zero-order valence-electron chi connectivity index (χ0n) is 9.09. The van der Waals surface area contributed by atoms with E-state index in [4.69, 9.17) is 11.6 Å². The van der Waals surface area contributed by atoms with Gasteiger partial charge < -0.3 is 5.32 Å². The van der Waals surface area contributed by atoms with Crippen molar-refractivity contribution in [2.75, 3.05) is 13.1 Å². The van der Waals surface area contributed by atoms with Crippen LogP contribution in [0.2, 0.25) is 5.02 Å². The lowest BCUT2D eigenvalue weighted by Crippen LogP contribution is -2.56. The molecule has 0 aromatic heterocycles. The van der Waals surface area contributed by atoms with Crippen LogP contribution in [-0.4, -0.2) is 32.5 Å². The second kappa shape index (κ2) is 4.81. The minimum absolute atomic E-state index is 0.117. The molecule has 7 nitrogen and oxygen atoms in total. The number of rotatable bonds is 4. The maximum Gasteiger partial charge on any atom is 0.290 e. The molecule has 2 rings (SSSR count). The van der Waals surface area contributed by atoms with Gasteiger partial charge in [-0.1, -0.05) is 11.6 Å². The SMILES string of the molecule is O=[N+]([O-])c1cc(Cl)ccc1S(=O)(=O)NC1CNC1. The summed E-state index contributed by atoms with van der Waals surface area (Å²) >= 11 is 5.63. The fourth-order valence-corrected chi connectivity index (χ4v) is 3.07. The van der Waals surface area contributed by atoms with Gasteiger partial charge in [0.25, 0.3) is 5.69 Å². The third-order valence-electron chi connectivity index (χ3n) is 2.51. The normalized spacial score (nSPS) is 16.3. The van der Waals surface area contributed by atoms with Crippen LogP contribution in [0.5, 0.6) is 0 Å². The standard InChI is InChI=1S/C9H10ClN3O4S/c10-6-1-2-9(8(3-6)13(14)15)18(16,17)12-7-4-11-5-7/h1-3,7,11-12H,4-5H2. The number of nitro groups is 1. The highest BCUT2D eigenvalue weighted by Crippen LogP contribution is 2.27. The minimum Gasteiger partial charge on any atom is -0.313 e. The number of sulfonamides is 1. The molecule has 1 aliphatic rings. The molecule has 9 heteroatoms. The Balaban J connectivity index is 2.39. The molecule has 0 amide bonds. The summed E-state index contributed by atoms with van der Waals surface area (Å²) in [5, 5.41) is 13.8. The maximum absolute atomic E-state index is 12.0. The van der Waals surface area contributed by atoms with E-state index >= 15 is 0 Å². The van der Waals surface area contributed by atoms with Crippen molar-refractivity contribution in [3.8, 4) is 0 Å². The van der Waals surface area contributed by atoms with Crippen LogP contribution in [0.1, 0.15) is 0 Å². The van der Waals surface area contributed by atoms with Crippen LogP contribution in [0.3, 0.4) is 0 Å². The summed E-state index contributed by atoms with van der Waals surface area (Å²) in [6.07, 6.45) is 0. The summed E-state index contributed by atoms with van der Waals surface area (Å²) in [4.78, 5) is 9.70. The van der Waals surface area contributed by atoms with Crippen molar-refractivity contribution in [1.29, 1.82) is 0 Å². The number of nitro benzene ring substituents is 1. The lowest BCUT2D eigenvalue weighted by molar-refractivity contribution is -0.387. The predicted molar refractivity (Wildman–Crippen MR) is 65.1 cm³/mol. The zero-order valence-corrected chi connectivity index (χ0v) is 10.7. The summed E-state index contributed by atoms with van der Waals surface area (Å²) in [7, 11) is -3.90. The van der Waals surface area contributed by atoms with E-state index in [1.54, 1.807) is 0 Å². The fraction of sp³-hybridized carbons (Fsp3) is 0.333. The van der Waals surface area contributed by atoms with Gasteiger partial charge in [0.15, 0.2) is 4.90 Å². The van der Waals surface area contributed by atoms with Crippen molar-refractivity contribution in [3.05, 3.63) is 33.3 Å². The molecule has 1 aromatic carbocycles. The fourth-order valence-electron chi connectivity index (χ4n) is 1.52. The van der Waals surface area contributed by atoms with Gasteiger partial charge in [0.2, 0.25) is 10.0 Å². The lowest BCUT2D eigenvalue weighted by Gasteiger charge is -2.27. The van der Waals surface area contributed by atoms with Crippen molar-refractivity contribution < 1.29 is 13.3 Å². The van der Waals surface area contributed by atoms with E-state index in [0.717, 1.165) is 12.1 Å². The Morgan fingerprint density at radius 1 is 1.44 bits per heavy atom. The molecule has 0 saturated carbocycles. The highest BCUT2D eigenvalue weighted by atomic mass is 35.5. The Labute approximate surface area is 108 Å². The molecular formula is C9H10ClN3O4S. The number of benzene rings is 1. The van der Waals surface area contributed by atoms with Gasteiger partial charge in [-0.05, 0) is 12.1 Å². The number of hydrogen-bond acceptors (Lipinski definition) is 5. The molecule has 18 heavy (non-hydrogen) atoms. The first-order chi connectivity index (χ1) is 8.40. The first-order valence-corrected chi connectivity index (χ1v) is 6.93. The largest absolute Gasteiger partial charge is 0.313 e. The molecule has 2 N–H and O–H groups in total. The van der Waals surface area contributed by atoms with Gasteiger partial charge in [-0.3, -0.25) is 10.1 Å². The minimum atomic E-state index is -3.90. The van der Waals surface area contributed by atoms with Crippen molar-refractivity contribution >= 4 is 27.3 Å². The smallest absolute Gasteiger partial charge is 0.290 e. The summed E-state index contributed by atoms with van der Waals surface area (Å²) < 4.78 is 26.4. The molecule has 1 fully saturated rings. The van der Waals surface area contributed by atoms with E-state index in [1.807, 2.05) is 0 Å². The Morgan fingerprint density at radius 3 is 2.61 bits per heavy atom. The molecule has 0 aliphatic carbocycles. The lowest BCUT2D eigenvalue weighted by atomic mass is 10.2. The van der Waals surface area contributed by atoms with Crippen LogP contribution in [-0.2, 0) is 10.0 Å². The number of halogens is 1. The molecular weight excluding hydrogens is 282 g/mol. The Hall–Kier alpha value is -1.22. The van der Waals surface area contributed by atoms with Crippen molar-refractivity contribution in [3.63, 3.8) is 0 Å². The summed E-state index contributed by atoms with van der Waals surface area (Å²) in [6, 6.07) is 3.23. The first-order valence-electron chi connectivity index (χ1n) is 5.07. The van der Waals surface area contributed by atoms with Gasteiger partial charge in [0.1, 0.15) is 0 Å². The van der Waals surface area contributed by atoms with Crippen LogP contribution >= 0.6 is 11.6 Å². The van der Waals surface area contributed by atoms with Crippen LogP contribution < -0.4 is 10.0 Å². The second-order valence-electron chi connectivity index (χ2n) is 3.85. The molecule has 1 heterocycles. The summed E-state index contributed by atoms with van der Waals surface area (Å²) in [5.74, 6) is 0. The number of nitrogens with zero attached hydrogens (tertiary/aromatic N) is 1. The monoisotopic (exact) mass is 291 g/mol. The Bertz CT molecular complexity index is 585. The first kappa shape index (κ1) is 13.2. The molecule has 1 aromatic rings. The third-order valence-corrected chi connectivity index (χ3v) is 4.31. The summed E-state index contributed by atoms with van der Waals surface area (Å²) in [6.45, 7) is 1.03. The van der Waals surface area contributed by atoms with E-state index in [2.05, 4.69) is 10.0 Å². The zero-order chi connectivity index (χ0) is 13.3. The molecule has 98 valence electrons. The summed E-state index contributed by atoms with van der Waals surface area (Å²) in [5.41, 5.74) is -0.526. The molecule has 0 radical (unpaired) electrons. The van der Waals surface area contributed by atoms with Gasteiger partial charge in [0, 0.05) is 30.2 Å². The third kappa shape index (κ3) is 2.61. The molecule has 0 spiro atoms. The van der Waals surface area contributed by atoms with E-state index in [9.17, 15) is 18.5 Å². The highest BCUT2D eigenvalue weighted by molar-refractivity contribution is 7.89. The van der Waals surface area contributed by atoms with Crippen molar-refractivity contribution in [2.45, 2.75) is 10.9 Å². The van der Waals surface area contributed by atoms with Gasteiger partial charge in [0.05, 0.1) is 4.92 Å². The predicted octanol–water partition coefficient (Wildman–Crippen LogP) is 0.498. The van der Waals surface area contributed by atoms with Crippen LogP contribution in [0.4, 0.5) is 5.69 Å². The van der Waals surface area contributed by atoms with Crippen LogP contribution in [0, 0.1) is 10.1 Å². The number of hydrogen-bond donors (Lipinski definition) is 2. The molecule has 1 saturated heterocycles. The number of nitrogens with one attached hydrogen (secondary N) is 2. The van der Waals surface area contributed by atoms with E-state index in [0.29, 0.717) is 13.1 Å². The highest BCUT2D eigenvalue weighted by Gasteiger charge is 2.30.